The van der Waals surface area contributed by atoms with Crippen molar-refractivity contribution in [2.45, 2.75) is 50.5 Å². The van der Waals surface area contributed by atoms with Gasteiger partial charge in [-0.05, 0) is 36.5 Å². The van der Waals surface area contributed by atoms with Crippen LogP contribution in [-0.4, -0.2) is 40.1 Å². The van der Waals surface area contributed by atoms with Crippen molar-refractivity contribution in [1.82, 2.24) is 4.90 Å². The summed E-state index contributed by atoms with van der Waals surface area (Å²) in [5.74, 6) is -1.18. The molecule has 2 bridgehead atoms. The van der Waals surface area contributed by atoms with Crippen LogP contribution in [0.4, 0.5) is 0 Å². The molecule has 1 aromatic rings. The zero-order valence-electron chi connectivity index (χ0n) is 12.6. The highest BCUT2D eigenvalue weighted by Crippen LogP contribution is 2.41. The number of benzene rings is 1. The van der Waals surface area contributed by atoms with Gasteiger partial charge in [-0.15, -0.1) is 0 Å². The van der Waals surface area contributed by atoms with Crippen molar-refractivity contribution in [3.63, 3.8) is 0 Å². The first kappa shape index (κ1) is 15.1. The summed E-state index contributed by atoms with van der Waals surface area (Å²) in [4.78, 5) is 26.2. The molecule has 3 heterocycles. The molecule has 1 aromatic carbocycles. The van der Waals surface area contributed by atoms with Gasteiger partial charge >= 0.3 is 5.97 Å². The van der Waals surface area contributed by atoms with Crippen LogP contribution in [0.15, 0.2) is 22.7 Å². The number of aliphatic carboxylic acids is 1. The van der Waals surface area contributed by atoms with E-state index in [1.165, 1.54) is 0 Å². The van der Waals surface area contributed by atoms with Crippen molar-refractivity contribution in [2.75, 3.05) is 0 Å². The summed E-state index contributed by atoms with van der Waals surface area (Å²) in [6, 6.07) is 5.01. The van der Waals surface area contributed by atoms with Crippen LogP contribution in [0.2, 0.25) is 0 Å². The molecule has 4 atom stereocenters. The van der Waals surface area contributed by atoms with E-state index in [-0.39, 0.29) is 24.0 Å². The summed E-state index contributed by atoms with van der Waals surface area (Å²) in [5, 5.41) is 9.61. The molecule has 122 valence electrons. The highest BCUT2D eigenvalue weighted by atomic mass is 79.9. The zero-order chi connectivity index (χ0) is 16.1. The van der Waals surface area contributed by atoms with E-state index in [1.54, 1.807) is 4.90 Å². The second-order valence-corrected chi connectivity index (χ2v) is 7.47. The van der Waals surface area contributed by atoms with E-state index in [2.05, 4.69) is 15.9 Å². The fourth-order valence-corrected chi connectivity index (χ4v) is 4.71. The van der Waals surface area contributed by atoms with E-state index < -0.39 is 12.0 Å². The highest BCUT2D eigenvalue weighted by Gasteiger charge is 2.48. The molecule has 2 fully saturated rings. The molecule has 0 aliphatic carbocycles. The maximum Gasteiger partial charge on any atom is 0.326 e. The van der Waals surface area contributed by atoms with Crippen molar-refractivity contribution < 1.29 is 19.4 Å². The molecule has 3 aliphatic heterocycles. The third kappa shape index (κ3) is 2.48. The third-order valence-electron chi connectivity index (χ3n) is 5.32. The monoisotopic (exact) mass is 379 g/mol. The quantitative estimate of drug-likeness (QED) is 0.856. The van der Waals surface area contributed by atoms with Gasteiger partial charge in [-0.3, -0.25) is 4.79 Å². The largest absolute Gasteiger partial charge is 0.480 e. The normalized spacial score (nSPS) is 32.0. The van der Waals surface area contributed by atoms with Gasteiger partial charge in [-0.1, -0.05) is 28.1 Å². The van der Waals surface area contributed by atoms with E-state index in [4.69, 9.17) is 4.74 Å². The molecule has 1 N–H and O–H groups in total. The van der Waals surface area contributed by atoms with E-state index in [1.807, 2.05) is 18.2 Å². The van der Waals surface area contributed by atoms with Crippen LogP contribution < -0.4 is 0 Å². The van der Waals surface area contributed by atoms with Gasteiger partial charge < -0.3 is 14.7 Å². The number of ether oxygens (including phenoxy) is 1. The molecule has 2 saturated heterocycles. The summed E-state index contributed by atoms with van der Waals surface area (Å²) >= 11 is 3.49. The van der Waals surface area contributed by atoms with Crippen molar-refractivity contribution in [3.05, 3.63) is 33.8 Å². The Bertz CT molecular complexity index is 677. The Morgan fingerprint density at radius 3 is 2.78 bits per heavy atom. The second kappa shape index (κ2) is 5.60. The van der Waals surface area contributed by atoms with E-state index in [0.29, 0.717) is 13.0 Å². The molecule has 4 unspecified atom stereocenters. The Morgan fingerprint density at radius 2 is 2.13 bits per heavy atom. The van der Waals surface area contributed by atoms with Gasteiger partial charge in [0, 0.05) is 17.4 Å². The summed E-state index contributed by atoms with van der Waals surface area (Å²) < 4.78 is 6.69. The lowest BCUT2D eigenvalue weighted by Gasteiger charge is -2.37. The number of carbonyl (C=O) groups is 2. The van der Waals surface area contributed by atoms with Crippen LogP contribution in [0.3, 0.4) is 0 Å². The van der Waals surface area contributed by atoms with Gasteiger partial charge in [0.1, 0.15) is 6.04 Å². The lowest BCUT2D eigenvalue weighted by atomic mass is 9.86. The Morgan fingerprint density at radius 1 is 1.30 bits per heavy atom. The molecule has 3 aliphatic rings. The van der Waals surface area contributed by atoms with E-state index in [0.717, 1.165) is 34.9 Å². The second-order valence-electron chi connectivity index (χ2n) is 6.62. The number of carboxylic acid groups (broad SMARTS) is 1. The zero-order valence-corrected chi connectivity index (χ0v) is 14.2. The summed E-state index contributed by atoms with van der Waals surface area (Å²) in [5.41, 5.74) is 2.02. The molecule has 0 radical (unpaired) electrons. The standard InChI is InChI=1S/C17H18BrNO4/c18-13-3-1-2-9-8-19(14(17(21)22)7-11(9)13)16(20)12-6-10-4-5-15(12)23-10/h1-3,10,12,14-15H,4-8H2,(H,21,22). The van der Waals surface area contributed by atoms with Crippen LogP contribution in [0.5, 0.6) is 0 Å². The van der Waals surface area contributed by atoms with E-state index >= 15 is 0 Å². The Hall–Kier alpha value is -1.40. The van der Waals surface area contributed by atoms with Gasteiger partial charge in [0.05, 0.1) is 18.1 Å². The Balaban J connectivity index is 1.64. The topological polar surface area (TPSA) is 66.8 Å². The fraction of sp³-hybridized carbons (Fsp3) is 0.529. The minimum absolute atomic E-state index is 0.0224. The predicted octanol–water partition coefficient (Wildman–Crippen LogP) is 2.35. The van der Waals surface area contributed by atoms with Crippen molar-refractivity contribution in [1.29, 1.82) is 0 Å². The molecular formula is C17H18BrNO4. The summed E-state index contributed by atoms with van der Waals surface area (Å²) in [6.45, 7) is 0.360. The summed E-state index contributed by atoms with van der Waals surface area (Å²) in [7, 11) is 0. The maximum atomic E-state index is 13.0. The number of carbonyl (C=O) groups excluding carboxylic acids is 1. The number of carboxylic acids is 1. The van der Waals surface area contributed by atoms with Gasteiger partial charge in [0.2, 0.25) is 5.91 Å². The minimum Gasteiger partial charge on any atom is -0.480 e. The summed E-state index contributed by atoms with van der Waals surface area (Å²) in [6.07, 6.45) is 3.17. The van der Waals surface area contributed by atoms with Crippen molar-refractivity contribution >= 4 is 27.8 Å². The molecule has 1 amide bonds. The number of halogens is 1. The number of rotatable bonds is 2. The van der Waals surface area contributed by atoms with Crippen molar-refractivity contribution in [2.24, 2.45) is 5.92 Å². The average Bonchev–Trinajstić information content (AvgIpc) is 3.16. The number of hydrogen-bond acceptors (Lipinski definition) is 3. The Labute approximate surface area is 142 Å². The van der Waals surface area contributed by atoms with E-state index in [9.17, 15) is 14.7 Å². The molecule has 6 heteroatoms. The van der Waals surface area contributed by atoms with Crippen LogP contribution in [0, 0.1) is 5.92 Å². The maximum absolute atomic E-state index is 13.0. The number of amides is 1. The third-order valence-corrected chi connectivity index (χ3v) is 6.06. The van der Waals surface area contributed by atoms with Gasteiger partial charge in [-0.25, -0.2) is 4.79 Å². The first-order chi connectivity index (χ1) is 11.0. The predicted molar refractivity (Wildman–Crippen MR) is 85.8 cm³/mol. The van der Waals surface area contributed by atoms with Gasteiger partial charge in [0.25, 0.3) is 0 Å². The first-order valence-corrected chi connectivity index (χ1v) is 8.79. The van der Waals surface area contributed by atoms with Gasteiger partial charge in [-0.2, -0.15) is 0 Å². The number of hydrogen-bond donors (Lipinski definition) is 1. The van der Waals surface area contributed by atoms with Crippen LogP contribution in [-0.2, 0) is 27.3 Å². The highest BCUT2D eigenvalue weighted by molar-refractivity contribution is 9.10. The Kier molecular flexibility index (Phi) is 3.69. The van der Waals surface area contributed by atoms with Gasteiger partial charge in [0.15, 0.2) is 0 Å². The smallest absolute Gasteiger partial charge is 0.326 e. The SMILES string of the molecule is O=C(O)C1Cc2c(Br)cccc2CN1C(=O)C1CC2CCC1O2. The molecule has 0 saturated carbocycles. The molecule has 4 rings (SSSR count). The lowest BCUT2D eigenvalue weighted by molar-refractivity contribution is -0.154. The molecule has 23 heavy (non-hydrogen) atoms. The minimum atomic E-state index is -0.941. The number of nitrogens with zero attached hydrogens (tertiary/aromatic N) is 1. The molecule has 0 aromatic heterocycles. The van der Waals surface area contributed by atoms with Crippen LogP contribution in [0.1, 0.15) is 30.4 Å². The number of fused-ring (bicyclic) bond motifs is 3. The molecule has 0 spiro atoms. The molecule has 5 nitrogen and oxygen atoms in total. The first-order valence-electron chi connectivity index (χ1n) is 7.99. The van der Waals surface area contributed by atoms with Crippen LogP contribution >= 0.6 is 15.9 Å². The fourth-order valence-electron chi connectivity index (χ4n) is 4.14. The average molecular weight is 380 g/mol. The molecular weight excluding hydrogens is 362 g/mol. The van der Waals surface area contributed by atoms with Crippen molar-refractivity contribution in [3.8, 4) is 0 Å². The lowest BCUT2D eigenvalue weighted by Crippen LogP contribution is -2.51. The van der Waals surface area contributed by atoms with Crippen LogP contribution in [0.25, 0.3) is 0 Å².